The van der Waals surface area contributed by atoms with E-state index in [1.54, 1.807) is 0 Å². The molecule has 3 nitrogen and oxygen atoms in total. The van der Waals surface area contributed by atoms with Crippen molar-refractivity contribution in [1.82, 2.24) is 9.88 Å². The van der Waals surface area contributed by atoms with Gasteiger partial charge in [-0.2, -0.15) is 0 Å². The number of pyridine rings is 1. The molecule has 2 unspecified atom stereocenters. The van der Waals surface area contributed by atoms with Gasteiger partial charge >= 0.3 is 0 Å². The number of hydrogen-bond acceptors (Lipinski definition) is 3. The molecule has 1 aromatic rings. The van der Waals surface area contributed by atoms with E-state index >= 15 is 0 Å². The Kier molecular flexibility index (Phi) is 5.34. The standard InChI is InChI=1S/C16H26N2O/c1-13-7-6-9-15(17-13)12-18(2)11-14-8-4-3-5-10-16(14)19/h6-7,9,14,16,19H,3-5,8,10-12H2,1-2H3. The number of rotatable bonds is 4. The van der Waals surface area contributed by atoms with Crippen LogP contribution in [-0.4, -0.2) is 34.7 Å². The second-order valence-electron chi connectivity index (χ2n) is 5.93. The van der Waals surface area contributed by atoms with Crippen LogP contribution < -0.4 is 0 Å². The second-order valence-corrected chi connectivity index (χ2v) is 5.93. The summed E-state index contributed by atoms with van der Waals surface area (Å²) in [7, 11) is 2.13. The van der Waals surface area contributed by atoms with Crippen LogP contribution in [-0.2, 0) is 6.54 Å². The van der Waals surface area contributed by atoms with Crippen molar-refractivity contribution in [3.8, 4) is 0 Å². The second kappa shape index (κ2) is 7.01. The molecule has 1 aliphatic rings. The molecule has 1 saturated carbocycles. The number of aromatic nitrogens is 1. The van der Waals surface area contributed by atoms with E-state index < -0.39 is 0 Å². The van der Waals surface area contributed by atoms with Crippen LogP contribution in [0.2, 0.25) is 0 Å². The molecule has 1 aromatic heterocycles. The Morgan fingerprint density at radius 1 is 1.26 bits per heavy atom. The van der Waals surface area contributed by atoms with Gasteiger partial charge < -0.3 is 10.0 Å². The van der Waals surface area contributed by atoms with Gasteiger partial charge in [-0.25, -0.2) is 0 Å². The van der Waals surface area contributed by atoms with Crippen molar-refractivity contribution in [2.75, 3.05) is 13.6 Å². The summed E-state index contributed by atoms with van der Waals surface area (Å²) in [6.07, 6.45) is 5.74. The van der Waals surface area contributed by atoms with Gasteiger partial charge in [-0.1, -0.05) is 25.3 Å². The molecule has 19 heavy (non-hydrogen) atoms. The summed E-state index contributed by atoms with van der Waals surface area (Å²) in [4.78, 5) is 6.83. The number of nitrogens with zero attached hydrogens (tertiary/aromatic N) is 2. The Bertz CT molecular complexity index is 394. The van der Waals surface area contributed by atoms with E-state index in [9.17, 15) is 5.11 Å². The van der Waals surface area contributed by atoms with Crippen molar-refractivity contribution in [3.05, 3.63) is 29.6 Å². The molecule has 2 atom stereocenters. The zero-order chi connectivity index (χ0) is 13.7. The first-order chi connectivity index (χ1) is 9.15. The van der Waals surface area contributed by atoms with Crippen molar-refractivity contribution in [1.29, 1.82) is 0 Å². The Morgan fingerprint density at radius 3 is 2.84 bits per heavy atom. The lowest BCUT2D eigenvalue weighted by Crippen LogP contribution is -2.32. The van der Waals surface area contributed by atoms with E-state index in [-0.39, 0.29) is 6.10 Å². The molecule has 106 valence electrons. The summed E-state index contributed by atoms with van der Waals surface area (Å²) >= 11 is 0. The van der Waals surface area contributed by atoms with Crippen LogP contribution in [0.15, 0.2) is 18.2 Å². The van der Waals surface area contributed by atoms with E-state index in [0.29, 0.717) is 5.92 Å². The molecule has 3 heteroatoms. The van der Waals surface area contributed by atoms with Crippen molar-refractivity contribution in [2.24, 2.45) is 5.92 Å². The van der Waals surface area contributed by atoms with Gasteiger partial charge in [0.15, 0.2) is 0 Å². The molecular weight excluding hydrogens is 236 g/mol. The van der Waals surface area contributed by atoms with E-state index in [1.807, 2.05) is 13.0 Å². The van der Waals surface area contributed by atoms with Crippen LogP contribution in [0, 0.1) is 12.8 Å². The van der Waals surface area contributed by atoms with Crippen LogP contribution >= 0.6 is 0 Å². The van der Waals surface area contributed by atoms with Crippen molar-refractivity contribution < 1.29 is 5.11 Å². The predicted octanol–water partition coefficient (Wildman–Crippen LogP) is 2.76. The number of hydrogen-bond donors (Lipinski definition) is 1. The Morgan fingerprint density at radius 2 is 2.05 bits per heavy atom. The highest BCUT2D eigenvalue weighted by Gasteiger charge is 2.22. The first kappa shape index (κ1) is 14.5. The maximum atomic E-state index is 10.2. The van der Waals surface area contributed by atoms with E-state index in [4.69, 9.17) is 0 Å². The smallest absolute Gasteiger partial charge is 0.0580 e. The van der Waals surface area contributed by atoms with Crippen molar-refractivity contribution in [2.45, 2.75) is 51.7 Å². The normalized spacial score (nSPS) is 24.4. The van der Waals surface area contributed by atoms with Crippen molar-refractivity contribution >= 4 is 0 Å². The maximum Gasteiger partial charge on any atom is 0.0580 e. The minimum absolute atomic E-state index is 0.115. The van der Waals surface area contributed by atoms with E-state index in [0.717, 1.165) is 37.3 Å². The Labute approximate surface area is 116 Å². The SMILES string of the molecule is Cc1cccc(CN(C)CC2CCCCCC2O)n1. The molecule has 0 aromatic carbocycles. The van der Waals surface area contributed by atoms with Crippen LogP contribution in [0.3, 0.4) is 0 Å². The molecule has 0 spiro atoms. The third-order valence-corrected chi connectivity index (χ3v) is 4.04. The minimum Gasteiger partial charge on any atom is -0.393 e. The fourth-order valence-corrected chi connectivity index (χ4v) is 3.01. The van der Waals surface area contributed by atoms with Gasteiger partial charge in [-0.3, -0.25) is 4.98 Å². The monoisotopic (exact) mass is 262 g/mol. The quantitative estimate of drug-likeness (QED) is 0.848. The van der Waals surface area contributed by atoms with Crippen LogP contribution in [0.1, 0.15) is 43.5 Å². The summed E-state index contributed by atoms with van der Waals surface area (Å²) in [5.74, 6) is 0.428. The summed E-state index contributed by atoms with van der Waals surface area (Å²) in [5.41, 5.74) is 2.19. The van der Waals surface area contributed by atoms with Gasteiger partial charge in [0.1, 0.15) is 0 Å². The summed E-state index contributed by atoms with van der Waals surface area (Å²) in [6, 6.07) is 6.16. The lowest BCUT2D eigenvalue weighted by atomic mass is 9.97. The highest BCUT2D eigenvalue weighted by molar-refractivity contribution is 5.09. The van der Waals surface area contributed by atoms with Gasteiger partial charge in [0.2, 0.25) is 0 Å². The third-order valence-electron chi connectivity index (χ3n) is 4.04. The van der Waals surface area contributed by atoms with Crippen LogP contribution in [0.5, 0.6) is 0 Å². The molecule has 0 saturated heterocycles. The lowest BCUT2D eigenvalue weighted by Gasteiger charge is -2.26. The topological polar surface area (TPSA) is 36.4 Å². The first-order valence-electron chi connectivity index (χ1n) is 7.44. The molecule has 0 bridgehead atoms. The Balaban J connectivity index is 1.87. The molecular formula is C16H26N2O. The first-order valence-corrected chi connectivity index (χ1v) is 7.44. The minimum atomic E-state index is -0.115. The molecule has 0 amide bonds. The average Bonchev–Trinajstić information content (AvgIpc) is 2.55. The molecule has 2 rings (SSSR count). The molecule has 1 N–H and O–H groups in total. The molecule has 0 radical (unpaired) electrons. The van der Waals surface area contributed by atoms with Crippen LogP contribution in [0.4, 0.5) is 0 Å². The zero-order valence-electron chi connectivity index (χ0n) is 12.2. The fraction of sp³-hybridized carbons (Fsp3) is 0.688. The molecule has 1 fully saturated rings. The van der Waals surface area contributed by atoms with Crippen LogP contribution in [0.25, 0.3) is 0 Å². The van der Waals surface area contributed by atoms with Crippen molar-refractivity contribution in [3.63, 3.8) is 0 Å². The zero-order valence-corrected chi connectivity index (χ0v) is 12.2. The molecule has 1 heterocycles. The fourth-order valence-electron chi connectivity index (χ4n) is 3.01. The Hall–Kier alpha value is -0.930. The van der Waals surface area contributed by atoms with Gasteiger partial charge in [0.25, 0.3) is 0 Å². The van der Waals surface area contributed by atoms with E-state index in [2.05, 4.69) is 29.1 Å². The number of aliphatic hydroxyl groups excluding tert-OH is 1. The highest BCUT2D eigenvalue weighted by atomic mass is 16.3. The van der Waals surface area contributed by atoms with Gasteiger partial charge in [0, 0.05) is 18.8 Å². The predicted molar refractivity (Wildman–Crippen MR) is 77.9 cm³/mol. The summed E-state index contributed by atoms with van der Waals surface area (Å²) in [5, 5.41) is 10.2. The highest BCUT2D eigenvalue weighted by Crippen LogP contribution is 2.24. The van der Waals surface area contributed by atoms with Gasteiger partial charge in [-0.05, 0) is 44.9 Å². The summed E-state index contributed by atoms with van der Waals surface area (Å²) in [6.45, 7) is 3.86. The maximum absolute atomic E-state index is 10.2. The largest absolute Gasteiger partial charge is 0.393 e. The molecule has 1 aliphatic carbocycles. The number of aryl methyl sites for hydroxylation is 1. The molecule has 0 aliphatic heterocycles. The third kappa shape index (κ3) is 4.59. The van der Waals surface area contributed by atoms with Gasteiger partial charge in [0.05, 0.1) is 11.8 Å². The van der Waals surface area contributed by atoms with Gasteiger partial charge in [-0.15, -0.1) is 0 Å². The average molecular weight is 262 g/mol. The summed E-state index contributed by atoms with van der Waals surface area (Å²) < 4.78 is 0. The van der Waals surface area contributed by atoms with E-state index in [1.165, 1.54) is 19.3 Å². The number of aliphatic hydroxyl groups is 1. The lowest BCUT2D eigenvalue weighted by molar-refractivity contribution is 0.0777.